The van der Waals surface area contributed by atoms with Crippen LogP contribution in [0.25, 0.3) is 0 Å². The van der Waals surface area contributed by atoms with E-state index in [0.717, 1.165) is 24.2 Å². The molecule has 2 aromatic rings. The summed E-state index contributed by atoms with van der Waals surface area (Å²) in [6, 6.07) is 7.45. The summed E-state index contributed by atoms with van der Waals surface area (Å²) in [7, 11) is 1.63. The lowest BCUT2D eigenvalue weighted by Gasteiger charge is -2.06. The number of anilines is 1. The molecule has 0 fully saturated rings. The fourth-order valence-electron chi connectivity index (χ4n) is 1.97. The maximum Gasteiger partial charge on any atom is 0.251 e. The van der Waals surface area contributed by atoms with Crippen LogP contribution < -0.4 is 10.6 Å². The van der Waals surface area contributed by atoms with Gasteiger partial charge in [-0.2, -0.15) is 5.10 Å². The van der Waals surface area contributed by atoms with Crippen molar-refractivity contribution in [3.8, 4) is 0 Å². The normalized spacial score (nSPS) is 10.3. The second kappa shape index (κ2) is 6.75. The molecule has 0 aliphatic rings. The fourth-order valence-corrected chi connectivity index (χ4v) is 1.97. The number of rotatable bonds is 6. The van der Waals surface area contributed by atoms with Crippen LogP contribution in [-0.4, -0.2) is 22.7 Å². The van der Waals surface area contributed by atoms with E-state index in [1.807, 2.05) is 35.3 Å². The van der Waals surface area contributed by atoms with E-state index in [-0.39, 0.29) is 5.91 Å². The summed E-state index contributed by atoms with van der Waals surface area (Å²) in [4.78, 5) is 11.6. The van der Waals surface area contributed by atoms with Crippen LogP contribution in [-0.2, 0) is 13.1 Å². The fraction of sp³-hybridized carbons (Fsp3) is 0.333. The summed E-state index contributed by atoms with van der Waals surface area (Å²) < 4.78 is 1.94. The molecule has 1 heterocycles. The summed E-state index contributed by atoms with van der Waals surface area (Å²) in [5.41, 5.74) is 2.71. The van der Waals surface area contributed by atoms with Gasteiger partial charge in [0.25, 0.3) is 5.91 Å². The van der Waals surface area contributed by atoms with E-state index >= 15 is 0 Å². The van der Waals surface area contributed by atoms with Crippen molar-refractivity contribution in [3.63, 3.8) is 0 Å². The number of nitrogens with zero attached hydrogens (tertiary/aromatic N) is 2. The van der Waals surface area contributed by atoms with Crippen LogP contribution in [0.15, 0.2) is 36.7 Å². The molecule has 0 saturated carbocycles. The van der Waals surface area contributed by atoms with Crippen molar-refractivity contribution in [3.05, 3.63) is 47.8 Å². The van der Waals surface area contributed by atoms with Gasteiger partial charge in [0.05, 0.1) is 6.20 Å². The lowest BCUT2D eigenvalue weighted by Crippen LogP contribution is -2.17. The Bertz CT molecular complexity index is 577. The third-order valence-corrected chi connectivity index (χ3v) is 2.99. The molecule has 0 saturated heterocycles. The second-order valence-corrected chi connectivity index (χ2v) is 4.63. The Balaban J connectivity index is 1.97. The molecular formula is C15H20N4O. The number of carbonyl (C=O) groups excluding carboxylic acids is 1. The molecule has 0 aliphatic heterocycles. The molecule has 0 atom stereocenters. The molecule has 2 rings (SSSR count). The number of hydrogen-bond acceptors (Lipinski definition) is 3. The van der Waals surface area contributed by atoms with Crippen molar-refractivity contribution in [2.24, 2.45) is 0 Å². The van der Waals surface area contributed by atoms with E-state index in [4.69, 9.17) is 0 Å². The summed E-state index contributed by atoms with van der Waals surface area (Å²) in [6.07, 6.45) is 4.98. The topological polar surface area (TPSA) is 59.0 Å². The highest BCUT2D eigenvalue weighted by Crippen LogP contribution is 2.12. The summed E-state index contributed by atoms with van der Waals surface area (Å²) >= 11 is 0. The molecule has 0 spiro atoms. The predicted octanol–water partition coefficient (Wildman–Crippen LogP) is 2.26. The standard InChI is InChI=1S/C15H20N4O/c1-3-7-19-11-12(10-18-19)9-17-14-6-4-5-13(8-14)15(20)16-2/h4-6,8,10-11,17H,3,7,9H2,1-2H3,(H,16,20). The van der Waals surface area contributed by atoms with Crippen LogP contribution in [0, 0.1) is 0 Å². The molecule has 5 heteroatoms. The van der Waals surface area contributed by atoms with Crippen LogP contribution in [0.5, 0.6) is 0 Å². The first-order chi connectivity index (χ1) is 9.72. The largest absolute Gasteiger partial charge is 0.381 e. The zero-order chi connectivity index (χ0) is 14.4. The highest BCUT2D eigenvalue weighted by atomic mass is 16.1. The van der Waals surface area contributed by atoms with Gasteiger partial charge in [-0.1, -0.05) is 13.0 Å². The molecule has 5 nitrogen and oxygen atoms in total. The van der Waals surface area contributed by atoms with Crippen LogP contribution in [0.2, 0.25) is 0 Å². The molecule has 1 aromatic heterocycles. The highest BCUT2D eigenvalue weighted by Gasteiger charge is 2.04. The Labute approximate surface area is 119 Å². The van der Waals surface area contributed by atoms with E-state index in [0.29, 0.717) is 12.1 Å². The van der Waals surface area contributed by atoms with Gasteiger partial charge in [-0.05, 0) is 24.6 Å². The van der Waals surface area contributed by atoms with Gasteiger partial charge >= 0.3 is 0 Å². The Kier molecular flexibility index (Phi) is 4.76. The Morgan fingerprint density at radius 2 is 2.25 bits per heavy atom. The molecule has 20 heavy (non-hydrogen) atoms. The minimum Gasteiger partial charge on any atom is -0.381 e. The molecule has 1 amide bonds. The zero-order valence-electron chi connectivity index (χ0n) is 11.9. The van der Waals surface area contributed by atoms with Crippen molar-refractivity contribution in [1.82, 2.24) is 15.1 Å². The zero-order valence-corrected chi connectivity index (χ0v) is 11.9. The lowest BCUT2D eigenvalue weighted by molar-refractivity contribution is 0.0963. The number of hydrogen-bond donors (Lipinski definition) is 2. The van der Waals surface area contributed by atoms with Crippen molar-refractivity contribution in [2.45, 2.75) is 26.4 Å². The SMILES string of the molecule is CCCn1cc(CNc2cccc(C(=O)NC)c2)cn1. The van der Waals surface area contributed by atoms with Crippen molar-refractivity contribution < 1.29 is 4.79 Å². The van der Waals surface area contributed by atoms with Gasteiger partial charge in [0.15, 0.2) is 0 Å². The van der Waals surface area contributed by atoms with E-state index in [2.05, 4.69) is 22.7 Å². The number of nitrogens with one attached hydrogen (secondary N) is 2. The number of amides is 1. The van der Waals surface area contributed by atoms with Crippen LogP contribution in [0.4, 0.5) is 5.69 Å². The van der Waals surface area contributed by atoms with Crippen molar-refractivity contribution in [1.29, 1.82) is 0 Å². The first-order valence-corrected chi connectivity index (χ1v) is 6.80. The minimum absolute atomic E-state index is 0.0792. The highest BCUT2D eigenvalue weighted by molar-refractivity contribution is 5.94. The third-order valence-electron chi connectivity index (χ3n) is 2.99. The van der Waals surface area contributed by atoms with Crippen molar-refractivity contribution in [2.75, 3.05) is 12.4 Å². The number of benzene rings is 1. The lowest BCUT2D eigenvalue weighted by atomic mass is 10.2. The predicted molar refractivity (Wildman–Crippen MR) is 79.7 cm³/mol. The molecular weight excluding hydrogens is 252 g/mol. The van der Waals surface area contributed by atoms with Gasteiger partial charge in [-0.25, -0.2) is 0 Å². The molecule has 2 N–H and O–H groups in total. The Morgan fingerprint density at radius 3 is 3.00 bits per heavy atom. The third kappa shape index (κ3) is 3.60. The van der Waals surface area contributed by atoms with E-state index < -0.39 is 0 Å². The molecule has 0 unspecified atom stereocenters. The van der Waals surface area contributed by atoms with Gasteiger partial charge in [0.2, 0.25) is 0 Å². The van der Waals surface area contributed by atoms with Crippen molar-refractivity contribution >= 4 is 11.6 Å². The summed E-state index contributed by atoms with van der Waals surface area (Å²) in [6.45, 7) is 3.76. The summed E-state index contributed by atoms with van der Waals surface area (Å²) in [5, 5.41) is 10.2. The smallest absolute Gasteiger partial charge is 0.251 e. The number of aromatic nitrogens is 2. The quantitative estimate of drug-likeness (QED) is 0.848. The van der Waals surface area contributed by atoms with Gasteiger partial charge in [0, 0.05) is 43.1 Å². The maximum absolute atomic E-state index is 11.6. The first-order valence-electron chi connectivity index (χ1n) is 6.80. The Hall–Kier alpha value is -2.30. The molecule has 0 bridgehead atoms. The second-order valence-electron chi connectivity index (χ2n) is 4.63. The van der Waals surface area contributed by atoms with Gasteiger partial charge in [-0.3, -0.25) is 9.48 Å². The van der Waals surface area contributed by atoms with E-state index in [9.17, 15) is 4.79 Å². The van der Waals surface area contributed by atoms with Crippen LogP contribution in [0.3, 0.4) is 0 Å². The van der Waals surface area contributed by atoms with Gasteiger partial charge in [0.1, 0.15) is 0 Å². The van der Waals surface area contributed by atoms with Gasteiger partial charge in [-0.15, -0.1) is 0 Å². The first kappa shape index (κ1) is 14.1. The molecule has 106 valence electrons. The van der Waals surface area contributed by atoms with Crippen LogP contribution >= 0.6 is 0 Å². The Morgan fingerprint density at radius 1 is 1.40 bits per heavy atom. The molecule has 0 aliphatic carbocycles. The van der Waals surface area contributed by atoms with Crippen LogP contribution in [0.1, 0.15) is 29.3 Å². The number of aryl methyl sites for hydroxylation is 1. The molecule has 0 radical (unpaired) electrons. The number of carbonyl (C=O) groups is 1. The monoisotopic (exact) mass is 272 g/mol. The maximum atomic E-state index is 11.6. The molecule has 1 aromatic carbocycles. The van der Waals surface area contributed by atoms with E-state index in [1.54, 1.807) is 13.1 Å². The minimum atomic E-state index is -0.0792. The van der Waals surface area contributed by atoms with E-state index in [1.165, 1.54) is 0 Å². The van der Waals surface area contributed by atoms with Gasteiger partial charge < -0.3 is 10.6 Å². The summed E-state index contributed by atoms with van der Waals surface area (Å²) in [5.74, 6) is -0.0792. The average molecular weight is 272 g/mol. The average Bonchev–Trinajstić information content (AvgIpc) is 2.93.